The minimum atomic E-state index is 0.730. The number of rotatable bonds is 2. The number of azo groups is 1. The third kappa shape index (κ3) is 2.64. The van der Waals surface area contributed by atoms with Crippen molar-refractivity contribution in [2.45, 2.75) is 0 Å². The second kappa shape index (κ2) is 4.37. The number of hydrogen-bond donors (Lipinski definition) is 1. The molecule has 0 saturated heterocycles. The summed E-state index contributed by atoms with van der Waals surface area (Å²) in [6, 6.07) is 16.9. The van der Waals surface area contributed by atoms with Gasteiger partial charge in [0.15, 0.2) is 0 Å². The van der Waals surface area contributed by atoms with E-state index in [1.54, 1.807) is 12.1 Å². The predicted molar refractivity (Wildman–Crippen MR) is 61.5 cm³/mol. The summed E-state index contributed by atoms with van der Waals surface area (Å²) in [5.41, 5.74) is 7.93. The van der Waals surface area contributed by atoms with Crippen LogP contribution >= 0.6 is 0 Å². The van der Waals surface area contributed by atoms with Crippen LogP contribution < -0.4 is 5.73 Å². The summed E-state index contributed by atoms with van der Waals surface area (Å²) in [5, 5.41) is 8.18. The highest BCUT2D eigenvalue weighted by atomic mass is 15.1. The SMILES string of the molecule is Nc1ccc(/N=N\c2ccccc2)cc1. The smallest absolute Gasteiger partial charge is 0.0858 e. The first-order valence-corrected chi connectivity index (χ1v) is 4.67. The van der Waals surface area contributed by atoms with E-state index >= 15 is 0 Å². The summed E-state index contributed by atoms with van der Waals surface area (Å²) in [6.07, 6.45) is 0. The Hall–Kier alpha value is -2.16. The molecule has 2 aromatic carbocycles. The van der Waals surface area contributed by atoms with E-state index in [4.69, 9.17) is 5.73 Å². The molecule has 74 valence electrons. The molecule has 0 amide bonds. The van der Waals surface area contributed by atoms with Gasteiger partial charge in [0.2, 0.25) is 0 Å². The van der Waals surface area contributed by atoms with Crippen LogP contribution in [0.25, 0.3) is 0 Å². The first-order chi connectivity index (χ1) is 7.34. The Labute approximate surface area is 88.3 Å². The van der Waals surface area contributed by atoms with Crippen LogP contribution in [-0.2, 0) is 0 Å². The molecule has 2 aromatic rings. The van der Waals surface area contributed by atoms with Crippen LogP contribution in [0, 0.1) is 0 Å². The highest BCUT2D eigenvalue weighted by Gasteiger charge is 1.89. The van der Waals surface area contributed by atoms with E-state index in [1.807, 2.05) is 42.5 Å². The average molecular weight is 197 g/mol. The van der Waals surface area contributed by atoms with Gasteiger partial charge >= 0.3 is 0 Å². The molecule has 3 nitrogen and oxygen atoms in total. The fourth-order valence-corrected chi connectivity index (χ4v) is 1.15. The highest BCUT2D eigenvalue weighted by Crippen LogP contribution is 2.18. The maximum atomic E-state index is 5.56. The third-order valence-corrected chi connectivity index (χ3v) is 1.93. The van der Waals surface area contributed by atoms with E-state index in [2.05, 4.69) is 10.2 Å². The second-order valence-corrected chi connectivity index (χ2v) is 3.13. The van der Waals surface area contributed by atoms with Crippen LogP contribution in [0.5, 0.6) is 0 Å². The van der Waals surface area contributed by atoms with Gasteiger partial charge < -0.3 is 5.73 Å². The van der Waals surface area contributed by atoms with Gasteiger partial charge in [-0.25, -0.2) is 0 Å². The third-order valence-electron chi connectivity index (χ3n) is 1.93. The van der Waals surface area contributed by atoms with Crippen LogP contribution in [0.1, 0.15) is 0 Å². The Morgan fingerprint density at radius 2 is 1.20 bits per heavy atom. The van der Waals surface area contributed by atoms with Crippen molar-refractivity contribution in [3.8, 4) is 0 Å². The minimum Gasteiger partial charge on any atom is -0.399 e. The van der Waals surface area contributed by atoms with Gasteiger partial charge in [-0.2, -0.15) is 10.2 Å². The van der Waals surface area contributed by atoms with Gasteiger partial charge in [0.25, 0.3) is 0 Å². The Balaban J connectivity index is 2.15. The number of anilines is 1. The largest absolute Gasteiger partial charge is 0.399 e. The lowest BCUT2D eigenvalue weighted by Crippen LogP contribution is -1.80. The number of hydrogen-bond acceptors (Lipinski definition) is 3. The molecule has 0 saturated carbocycles. The number of nitrogens with zero attached hydrogens (tertiary/aromatic N) is 2. The molecule has 2 N–H and O–H groups in total. The van der Waals surface area contributed by atoms with E-state index in [0.717, 1.165) is 17.1 Å². The molecular formula is C12H11N3. The van der Waals surface area contributed by atoms with Gasteiger partial charge in [0.05, 0.1) is 11.4 Å². The van der Waals surface area contributed by atoms with Gasteiger partial charge in [-0.3, -0.25) is 0 Å². The molecule has 0 unspecified atom stereocenters. The van der Waals surface area contributed by atoms with E-state index in [-0.39, 0.29) is 0 Å². The summed E-state index contributed by atoms with van der Waals surface area (Å²) in [4.78, 5) is 0. The van der Waals surface area contributed by atoms with Crippen molar-refractivity contribution < 1.29 is 0 Å². The summed E-state index contributed by atoms with van der Waals surface area (Å²) in [5.74, 6) is 0. The molecule has 0 aliphatic heterocycles. The molecule has 0 aromatic heterocycles. The zero-order chi connectivity index (χ0) is 10.5. The number of benzene rings is 2. The van der Waals surface area contributed by atoms with Crippen LogP contribution in [0.15, 0.2) is 64.8 Å². The Morgan fingerprint density at radius 1 is 0.667 bits per heavy atom. The number of nitrogen functional groups attached to an aromatic ring is 1. The van der Waals surface area contributed by atoms with Gasteiger partial charge in [0.1, 0.15) is 0 Å². The van der Waals surface area contributed by atoms with Crippen LogP contribution in [0.2, 0.25) is 0 Å². The fourth-order valence-electron chi connectivity index (χ4n) is 1.15. The van der Waals surface area contributed by atoms with E-state index in [9.17, 15) is 0 Å². The molecule has 2 rings (SSSR count). The van der Waals surface area contributed by atoms with Crippen molar-refractivity contribution in [1.29, 1.82) is 0 Å². The van der Waals surface area contributed by atoms with Crippen molar-refractivity contribution in [2.24, 2.45) is 10.2 Å². The van der Waals surface area contributed by atoms with Crippen molar-refractivity contribution >= 4 is 17.1 Å². The lowest BCUT2D eigenvalue weighted by Gasteiger charge is -1.93. The Morgan fingerprint density at radius 3 is 1.80 bits per heavy atom. The maximum Gasteiger partial charge on any atom is 0.0858 e. The molecular weight excluding hydrogens is 186 g/mol. The number of nitrogens with two attached hydrogens (primary N) is 1. The molecule has 0 heterocycles. The second-order valence-electron chi connectivity index (χ2n) is 3.13. The lowest BCUT2D eigenvalue weighted by atomic mass is 10.3. The first-order valence-electron chi connectivity index (χ1n) is 4.67. The molecule has 0 spiro atoms. The molecule has 0 aliphatic rings. The lowest BCUT2D eigenvalue weighted by molar-refractivity contribution is 1.23. The van der Waals surface area contributed by atoms with Crippen LogP contribution in [0.3, 0.4) is 0 Å². The van der Waals surface area contributed by atoms with Gasteiger partial charge in [0, 0.05) is 5.69 Å². The zero-order valence-electron chi connectivity index (χ0n) is 8.17. The molecule has 0 radical (unpaired) electrons. The molecule has 15 heavy (non-hydrogen) atoms. The summed E-state index contributed by atoms with van der Waals surface area (Å²) in [6.45, 7) is 0. The topological polar surface area (TPSA) is 50.7 Å². The quantitative estimate of drug-likeness (QED) is 0.579. The fraction of sp³-hybridized carbons (Fsp3) is 0. The van der Waals surface area contributed by atoms with E-state index in [1.165, 1.54) is 0 Å². The average Bonchev–Trinajstić information content (AvgIpc) is 2.30. The summed E-state index contributed by atoms with van der Waals surface area (Å²) >= 11 is 0. The minimum absolute atomic E-state index is 0.730. The predicted octanol–water partition coefficient (Wildman–Crippen LogP) is 3.68. The molecule has 0 fully saturated rings. The van der Waals surface area contributed by atoms with Crippen LogP contribution in [-0.4, -0.2) is 0 Å². The van der Waals surface area contributed by atoms with Gasteiger partial charge in [-0.15, -0.1) is 0 Å². The van der Waals surface area contributed by atoms with E-state index in [0.29, 0.717) is 0 Å². The monoisotopic (exact) mass is 197 g/mol. The Bertz CT molecular complexity index is 446. The summed E-state index contributed by atoms with van der Waals surface area (Å²) in [7, 11) is 0. The molecule has 3 heteroatoms. The maximum absolute atomic E-state index is 5.56. The van der Waals surface area contributed by atoms with Gasteiger partial charge in [-0.1, -0.05) is 18.2 Å². The molecule has 0 aliphatic carbocycles. The summed E-state index contributed by atoms with van der Waals surface area (Å²) < 4.78 is 0. The zero-order valence-corrected chi connectivity index (χ0v) is 8.17. The normalized spacial score (nSPS) is 10.7. The van der Waals surface area contributed by atoms with E-state index < -0.39 is 0 Å². The van der Waals surface area contributed by atoms with Crippen molar-refractivity contribution in [3.63, 3.8) is 0 Å². The Kier molecular flexibility index (Phi) is 2.74. The van der Waals surface area contributed by atoms with Crippen LogP contribution in [0.4, 0.5) is 17.1 Å². The van der Waals surface area contributed by atoms with Crippen molar-refractivity contribution in [1.82, 2.24) is 0 Å². The molecule has 0 atom stereocenters. The van der Waals surface area contributed by atoms with Crippen molar-refractivity contribution in [2.75, 3.05) is 5.73 Å². The molecule has 0 bridgehead atoms. The van der Waals surface area contributed by atoms with Gasteiger partial charge in [-0.05, 0) is 36.4 Å². The van der Waals surface area contributed by atoms with Crippen molar-refractivity contribution in [3.05, 3.63) is 54.6 Å². The highest BCUT2D eigenvalue weighted by molar-refractivity contribution is 5.47. The first kappa shape index (κ1) is 9.40. The standard InChI is InChI=1S/C12H11N3/c13-10-6-8-12(9-7-10)15-14-11-4-2-1-3-5-11/h1-9H,13H2/b15-14-.